The highest BCUT2D eigenvalue weighted by Crippen LogP contribution is 2.48. The van der Waals surface area contributed by atoms with Crippen LogP contribution in [0.2, 0.25) is 0 Å². The van der Waals surface area contributed by atoms with Crippen molar-refractivity contribution >= 4 is 17.9 Å². The van der Waals surface area contributed by atoms with Crippen LogP contribution in [0.15, 0.2) is 60.7 Å². The Hall–Kier alpha value is -2.95. The number of amides is 2. The predicted molar refractivity (Wildman–Crippen MR) is 106 cm³/mol. The summed E-state index contributed by atoms with van der Waals surface area (Å²) in [4.78, 5) is 28.7. The molecule has 2 unspecified atom stereocenters. The molecule has 0 bridgehead atoms. The number of carbonyl (C=O) groups is 2. The van der Waals surface area contributed by atoms with E-state index in [0.717, 1.165) is 17.5 Å². The van der Waals surface area contributed by atoms with Gasteiger partial charge in [0.2, 0.25) is 11.8 Å². The zero-order chi connectivity index (χ0) is 19.5. The smallest absolute Gasteiger partial charge is 0.246 e. The molecule has 0 spiro atoms. The van der Waals surface area contributed by atoms with Crippen molar-refractivity contribution in [1.29, 1.82) is 0 Å². The summed E-state index contributed by atoms with van der Waals surface area (Å²) < 4.78 is 13.1. The van der Waals surface area contributed by atoms with Crippen LogP contribution in [-0.2, 0) is 9.59 Å². The van der Waals surface area contributed by atoms with Crippen LogP contribution in [0.4, 0.5) is 4.39 Å². The molecule has 0 aromatic heterocycles. The van der Waals surface area contributed by atoms with Crippen LogP contribution in [0.1, 0.15) is 23.5 Å². The molecule has 1 saturated heterocycles. The second-order valence-electron chi connectivity index (χ2n) is 7.39. The molecular weight excluding hydrogens is 355 g/mol. The molecule has 1 heterocycles. The van der Waals surface area contributed by atoms with E-state index in [9.17, 15) is 14.0 Å². The normalized spacial score (nSPS) is 21.8. The van der Waals surface area contributed by atoms with Gasteiger partial charge in [0.15, 0.2) is 0 Å². The maximum Gasteiger partial charge on any atom is 0.246 e. The van der Waals surface area contributed by atoms with Crippen molar-refractivity contribution in [2.75, 3.05) is 26.2 Å². The first kappa shape index (κ1) is 18.4. The van der Waals surface area contributed by atoms with Gasteiger partial charge in [-0.1, -0.05) is 42.5 Å². The van der Waals surface area contributed by atoms with Crippen LogP contribution in [-0.4, -0.2) is 47.8 Å². The zero-order valence-electron chi connectivity index (χ0n) is 15.6. The van der Waals surface area contributed by atoms with Crippen LogP contribution >= 0.6 is 0 Å². The topological polar surface area (TPSA) is 40.6 Å². The Bertz CT molecular complexity index is 871. The van der Waals surface area contributed by atoms with E-state index in [2.05, 4.69) is 0 Å². The van der Waals surface area contributed by atoms with Crippen molar-refractivity contribution in [1.82, 2.24) is 9.80 Å². The molecule has 2 fully saturated rings. The van der Waals surface area contributed by atoms with Crippen molar-refractivity contribution in [3.8, 4) is 0 Å². The number of benzene rings is 2. The molecule has 2 aromatic rings. The van der Waals surface area contributed by atoms with E-state index in [-0.39, 0.29) is 29.5 Å². The van der Waals surface area contributed by atoms with Gasteiger partial charge in [-0.3, -0.25) is 9.59 Å². The summed E-state index contributed by atoms with van der Waals surface area (Å²) in [6, 6.07) is 16.1. The first-order valence-electron chi connectivity index (χ1n) is 9.68. The van der Waals surface area contributed by atoms with Gasteiger partial charge >= 0.3 is 0 Å². The monoisotopic (exact) mass is 378 g/mol. The molecule has 1 saturated carbocycles. The fourth-order valence-corrected chi connectivity index (χ4v) is 3.77. The van der Waals surface area contributed by atoms with Gasteiger partial charge in [0.1, 0.15) is 5.82 Å². The molecule has 2 atom stereocenters. The third-order valence-electron chi connectivity index (χ3n) is 5.53. The summed E-state index contributed by atoms with van der Waals surface area (Å²) >= 11 is 0. The summed E-state index contributed by atoms with van der Waals surface area (Å²) in [6.45, 7) is 2.24. The van der Waals surface area contributed by atoms with Gasteiger partial charge in [-0.05, 0) is 41.7 Å². The second kappa shape index (κ2) is 7.97. The van der Waals surface area contributed by atoms with Crippen LogP contribution in [0.5, 0.6) is 0 Å². The Morgan fingerprint density at radius 2 is 1.54 bits per heavy atom. The van der Waals surface area contributed by atoms with Crippen LogP contribution in [0.25, 0.3) is 6.08 Å². The number of nitrogens with zero attached hydrogens (tertiary/aromatic N) is 2. The highest BCUT2D eigenvalue weighted by Gasteiger charge is 2.46. The average molecular weight is 378 g/mol. The Morgan fingerprint density at radius 1 is 0.893 bits per heavy atom. The molecule has 1 aliphatic heterocycles. The quantitative estimate of drug-likeness (QED) is 0.766. The van der Waals surface area contributed by atoms with Crippen LogP contribution in [0, 0.1) is 11.7 Å². The first-order valence-corrected chi connectivity index (χ1v) is 9.68. The van der Waals surface area contributed by atoms with Crippen molar-refractivity contribution < 1.29 is 14.0 Å². The highest BCUT2D eigenvalue weighted by molar-refractivity contribution is 5.92. The third kappa shape index (κ3) is 4.14. The Kier molecular flexibility index (Phi) is 5.24. The molecule has 0 radical (unpaired) electrons. The zero-order valence-corrected chi connectivity index (χ0v) is 15.6. The molecular formula is C23H23FN2O2. The lowest BCUT2D eigenvalue weighted by molar-refractivity contribution is -0.138. The molecule has 1 aliphatic carbocycles. The lowest BCUT2D eigenvalue weighted by Gasteiger charge is -2.34. The molecule has 144 valence electrons. The molecule has 4 rings (SSSR count). The summed E-state index contributed by atoms with van der Waals surface area (Å²) in [5.74, 6) is 0.0643. The molecule has 2 aromatic carbocycles. The predicted octanol–water partition coefficient (Wildman–Crippen LogP) is 3.31. The molecule has 28 heavy (non-hydrogen) atoms. The van der Waals surface area contributed by atoms with E-state index >= 15 is 0 Å². The van der Waals surface area contributed by atoms with Gasteiger partial charge in [-0.2, -0.15) is 0 Å². The fraction of sp³-hybridized carbons (Fsp3) is 0.304. The number of halogens is 1. The van der Waals surface area contributed by atoms with Crippen LogP contribution < -0.4 is 0 Å². The van der Waals surface area contributed by atoms with Gasteiger partial charge < -0.3 is 9.80 Å². The van der Waals surface area contributed by atoms with Gasteiger partial charge in [0.05, 0.1) is 0 Å². The number of hydrogen-bond acceptors (Lipinski definition) is 2. The summed E-state index contributed by atoms with van der Waals surface area (Å²) in [5.41, 5.74) is 2.02. The van der Waals surface area contributed by atoms with Gasteiger partial charge in [0.25, 0.3) is 0 Å². The standard InChI is InChI=1S/C23H23FN2O2/c24-19-9-7-18(8-10-19)20-16-21(20)23(28)26-14-12-25(13-15-26)22(27)11-6-17-4-2-1-3-5-17/h1-11,20-21H,12-16H2/b11-6+. The minimum Gasteiger partial charge on any atom is -0.339 e. The molecule has 4 nitrogen and oxygen atoms in total. The molecule has 5 heteroatoms. The average Bonchev–Trinajstić information content (AvgIpc) is 3.54. The van der Waals surface area contributed by atoms with E-state index in [0.29, 0.717) is 26.2 Å². The maximum absolute atomic E-state index is 13.1. The van der Waals surface area contributed by atoms with E-state index in [1.165, 1.54) is 12.1 Å². The molecule has 2 amide bonds. The van der Waals surface area contributed by atoms with Crippen LogP contribution in [0.3, 0.4) is 0 Å². The largest absolute Gasteiger partial charge is 0.339 e. The minimum atomic E-state index is -0.255. The maximum atomic E-state index is 13.1. The van der Waals surface area contributed by atoms with E-state index < -0.39 is 0 Å². The second-order valence-corrected chi connectivity index (χ2v) is 7.39. The van der Waals surface area contributed by atoms with E-state index in [1.54, 1.807) is 23.1 Å². The number of carbonyl (C=O) groups excluding carboxylic acids is 2. The van der Waals surface area contributed by atoms with Gasteiger partial charge in [-0.15, -0.1) is 0 Å². The lowest BCUT2D eigenvalue weighted by Crippen LogP contribution is -2.50. The van der Waals surface area contributed by atoms with Gasteiger partial charge in [0, 0.05) is 38.2 Å². The van der Waals surface area contributed by atoms with E-state index in [1.807, 2.05) is 41.3 Å². The number of piperazine rings is 1. The molecule has 0 N–H and O–H groups in total. The minimum absolute atomic E-state index is 0.00862. The Labute approximate surface area is 164 Å². The first-order chi connectivity index (χ1) is 13.6. The van der Waals surface area contributed by atoms with Crippen molar-refractivity contribution in [3.63, 3.8) is 0 Å². The Balaban J connectivity index is 1.27. The summed E-state index contributed by atoms with van der Waals surface area (Å²) in [7, 11) is 0. The summed E-state index contributed by atoms with van der Waals surface area (Å²) in [6.07, 6.45) is 4.24. The third-order valence-corrected chi connectivity index (χ3v) is 5.53. The summed E-state index contributed by atoms with van der Waals surface area (Å²) in [5, 5.41) is 0. The van der Waals surface area contributed by atoms with Crippen molar-refractivity contribution in [2.45, 2.75) is 12.3 Å². The Morgan fingerprint density at radius 3 is 2.21 bits per heavy atom. The highest BCUT2D eigenvalue weighted by atomic mass is 19.1. The fourth-order valence-electron chi connectivity index (χ4n) is 3.77. The van der Waals surface area contributed by atoms with Crippen molar-refractivity contribution in [3.05, 3.63) is 77.6 Å². The number of hydrogen-bond donors (Lipinski definition) is 0. The number of rotatable bonds is 4. The van der Waals surface area contributed by atoms with Crippen molar-refractivity contribution in [2.24, 2.45) is 5.92 Å². The van der Waals surface area contributed by atoms with E-state index in [4.69, 9.17) is 0 Å². The van der Waals surface area contributed by atoms with Gasteiger partial charge in [-0.25, -0.2) is 4.39 Å². The lowest BCUT2D eigenvalue weighted by atomic mass is 10.1. The SMILES string of the molecule is O=C(/C=C/c1ccccc1)N1CCN(C(=O)C2CC2c2ccc(F)cc2)CC1. The molecule has 2 aliphatic rings.